The zero-order valence-electron chi connectivity index (χ0n) is 11.2. The van der Waals surface area contributed by atoms with E-state index < -0.39 is 10.1 Å². The maximum absolute atomic E-state index is 12.2. The highest BCUT2D eigenvalue weighted by Gasteiger charge is 2.26. The van der Waals surface area contributed by atoms with Gasteiger partial charge in [-0.3, -0.25) is 8.86 Å². The van der Waals surface area contributed by atoms with Crippen LogP contribution in [0.4, 0.5) is 0 Å². The Morgan fingerprint density at radius 3 is 2.75 bits per heavy atom. The summed E-state index contributed by atoms with van der Waals surface area (Å²) in [5, 5.41) is 4.17. The fourth-order valence-corrected chi connectivity index (χ4v) is 3.46. The van der Waals surface area contributed by atoms with Gasteiger partial charge in [-0.15, -0.1) is 0 Å². The smallest absolute Gasteiger partial charge is 0.269 e. The molecule has 0 amide bonds. The molecule has 0 saturated carbocycles. The Labute approximate surface area is 118 Å². The normalized spacial score (nSPS) is 18.8. The Hall–Kier alpha value is -1.66. The Morgan fingerprint density at radius 1 is 1.25 bits per heavy atom. The molecule has 3 rings (SSSR count). The van der Waals surface area contributed by atoms with Gasteiger partial charge in [0.05, 0.1) is 11.0 Å². The van der Waals surface area contributed by atoms with E-state index in [1.807, 2.05) is 17.7 Å². The van der Waals surface area contributed by atoms with E-state index in [1.165, 1.54) is 0 Å². The van der Waals surface area contributed by atoms with E-state index in [-0.39, 0.29) is 11.0 Å². The van der Waals surface area contributed by atoms with Crippen molar-refractivity contribution in [2.45, 2.75) is 37.3 Å². The van der Waals surface area contributed by atoms with Gasteiger partial charge in [0.15, 0.2) is 0 Å². The number of hydrogen-bond donors (Lipinski definition) is 0. The van der Waals surface area contributed by atoms with Gasteiger partial charge in [0.1, 0.15) is 0 Å². The molecule has 1 atom stereocenters. The van der Waals surface area contributed by atoms with Crippen LogP contribution < -0.4 is 0 Å². The van der Waals surface area contributed by atoms with Crippen LogP contribution in [0.1, 0.15) is 17.7 Å². The van der Waals surface area contributed by atoms with Crippen molar-refractivity contribution in [2.75, 3.05) is 0 Å². The van der Waals surface area contributed by atoms with Gasteiger partial charge in [-0.05, 0) is 31.5 Å². The summed E-state index contributed by atoms with van der Waals surface area (Å²) in [6, 6.07) is 8.60. The molecular weight excluding hydrogens is 276 g/mol. The number of aromatic nitrogens is 2. The molecule has 0 radical (unpaired) electrons. The van der Waals surface area contributed by atoms with Crippen molar-refractivity contribution in [1.82, 2.24) is 9.78 Å². The molecule has 1 unspecified atom stereocenters. The summed E-state index contributed by atoms with van der Waals surface area (Å²) in [6.07, 6.45) is 2.64. The number of benzene rings is 1. The SMILES string of the molecule is Cc1ccc(S(=O)(=O)OC2CCn3nccc3C2)cc1. The summed E-state index contributed by atoms with van der Waals surface area (Å²) < 4.78 is 31.7. The highest BCUT2D eigenvalue weighted by molar-refractivity contribution is 7.86. The van der Waals surface area contributed by atoms with Gasteiger partial charge in [0.2, 0.25) is 0 Å². The molecule has 0 spiro atoms. The summed E-state index contributed by atoms with van der Waals surface area (Å²) in [7, 11) is -3.69. The van der Waals surface area contributed by atoms with Crippen LogP contribution in [0, 0.1) is 6.92 Å². The van der Waals surface area contributed by atoms with Gasteiger partial charge in [-0.2, -0.15) is 13.5 Å². The van der Waals surface area contributed by atoms with Gasteiger partial charge < -0.3 is 0 Å². The first kappa shape index (κ1) is 13.3. The van der Waals surface area contributed by atoms with E-state index >= 15 is 0 Å². The first-order valence-electron chi connectivity index (χ1n) is 6.55. The average Bonchev–Trinajstić information content (AvgIpc) is 2.86. The minimum atomic E-state index is -3.69. The summed E-state index contributed by atoms with van der Waals surface area (Å²) in [4.78, 5) is 0.210. The average molecular weight is 292 g/mol. The van der Waals surface area contributed by atoms with Gasteiger partial charge in [-0.1, -0.05) is 17.7 Å². The zero-order chi connectivity index (χ0) is 14.2. The minimum Gasteiger partial charge on any atom is -0.269 e. The number of aryl methyl sites for hydroxylation is 2. The van der Waals surface area contributed by atoms with E-state index in [4.69, 9.17) is 4.18 Å². The lowest BCUT2D eigenvalue weighted by molar-refractivity contribution is 0.172. The molecule has 0 bridgehead atoms. The summed E-state index contributed by atoms with van der Waals surface area (Å²) >= 11 is 0. The third kappa shape index (κ3) is 2.62. The molecule has 2 heterocycles. The van der Waals surface area contributed by atoms with Crippen LogP contribution in [0.3, 0.4) is 0 Å². The van der Waals surface area contributed by atoms with E-state index in [9.17, 15) is 8.42 Å². The monoisotopic (exact) mass is 292 g/mol. The molecule has 1 aliphatic rings. The maximum Gasteiger partial charge on any atom is 0.297 e. The maximum atomic E-state index is 12.2. The molecule has 1 aromatic carbocycles. The third-order valence-electron chi connectivity index (χ3n) is 3.48. The molecule has 20 heavy (non-hydrogen) atoms. The van der Waals surface area contributed by atoms with Gasteiger partial charge in [0, 0.05) is 24.9 Å². The number of hydrogen-bond acceptors (Lipinski definition) is 4. The fourth-order valence-electron chi connectivity index (χ4n) is 2.36. The van der Waals surface area contributed by atoms with Crippen LogP contribution >= 0.6 is 0 Å². The number of rotatable bonds is 3. The molecule has 0 fully saturated rings. The predicted molar refractivity (Wildman–Crippen MR) is 73.8 cm³/mol. The van der Waals surface area contributed by atoms with Crippen LogP contribution in [0.15, 0.2) is 41.4 Å². The van der Waals surface area contributed by atoms with Gasteiger partial charge in [-0.25, -0.2) is 0 Å². The van der Waals surface area contributed by atoms with Crippen molar-refractivity contribution >= 4 is 10.1 Å². The summed E-state index contributed by atoms with van der Waals surface area (Å²) in [5.74, 6) is 0. The molecule has 0 aliphatic carbocycles. The number of fused-ring (bicyclic) bond motifs is 1. The molecule has 2 aromatic rings. The molecular formula is C14H16N2O3S. The molecule has 0 saturated heterocycles. The first-order chi connectivity index (χ1) is 9.54. The molecule has 106 valence electrons. The van der Waals surface area contributed by atoms with E-state index in [2.05, 4.69) is 5.10 Å². The topological polar surface area (TPSA) is 61.2 Å². The first-order valence-corrected chi connectivity index (χ1v) is 7.96. The Bertz CT molecular complexity index is 704. The van der Waals surface area contributed by atoms with Crippen LogP contribution in [-0.4, -0.2) is 24.3 Å². The van der Waals surface area contributed by atoms with Crippen molar-refractivity contribution < 1.29 is 12.6 Å². The quantitative estimate of drug-likeness (QED) is 0.811. The molecule has 6 heteroatoms. The second kappa shape index (κ2) is 5.03. The summed E-state index contributed by atoms with van der Waals surface area (Å²) in [6.45, 7) is 2.61. The predicted octanol–water partition coefficient (Wildman–Crippen LogP) is 1.91. The third-order valence-corrected chi connectivity index (χ3v) is 4.85. The highest BCUT2D eigenvalue weighted by atomic mass is 32.2. The van der Waals surface area contributed by atoms with Crippen molar-refractivity contribution in [3.8, 4) is 0 Å². The van der Waals surface area contributed by atoms with Crippen molar-refractivity contribution in [3.05, 3.63) is 47.8 Å². The summed E-state index contributed by atoms with van der Waals surface area (Å²) in [5.41, 5.74) is 2.03. The van der Waals surface area contributed by atoms with Gasteiger partial charge >= 0.3 is 0 Å². The Balaban J connectivity index is 1.76. The van der Waals surface area contributed by atoms with E-state index in [0.29, 0.717) is 19.4 Å². The molecule has 5 nitrogen and oxygen atoms in total. The molecule has 0 N–H and O–H groups in total. The standard InChI is InChI=1S/C14H16N2O3S/c1-11-2-4-14(5-3-11)20(17,18)19-13-7-9-16-12(10-13)6-8-15-16/h2-6,8,13H,7,9-10H2,1H3. The van der Waals surface area contributed by atoms with Crippen LogP contribution in [-0.2, 0) is 27.3 Å². The van der Waals surface area contributed by atoms with Crippen LogP contribution in [0.25, 0.3) is 0 Å². The Morgan fingerprint density at radius 2 is 2.00 bits per heavy atom. The second-order valence-corrected chi connectivity index (χ2v) is 6.60. The fraction of sp³-hybridized carbons (Fsp3) is 0.357. The van der Waals surface area contributed by atoms with Gasteiger partial charge in [0.25, 0.3) is 10.1 Å². The lowest BCUT2D eigenvalue weighted by atomic mass is 10.1. The zero-order valence-corrected chi connectivity index (χ0v) is 12.0. The van der Waals surface area contributed by atoms with E-state index in [1.54, 1.807) is 30.5 Å². The highest BCUT2D eigenvalue weighted by Crippen LogP contribution is 2.22. The second-order valence-electron chi connectivity index (χ2n) is 5.02. The number of nitrogens with zero attached hydrogens (tertiary/aromatic N) is 2. The Kier molecular flexibility index (Phi) is 3.35. The largest absolute Gasteiger partial charge is 0.297 e. The van der Waals surface area contributed by atoms with Crippen LogP contribution in [0.2, 0.25) is 0 Å². The lowest BCUT2D eigenvalue weighted by Crippen LogP contribution is -2.28. The van der Waals surface area contributed by atoms with E-state index in [0.717, 1.165) is 11.3 Å². The molecule has 1 aromatic heterocycles. The minimum absolute atomic E-state index is 0.210. The van der Waals surface area contributed by atoms with Crippen molar-refractivity contribution in [1.29, 1.82) is 0 Å². The molecule has 1 aliphatic heterocycles. The lowest BCUT2D eigenvalue weighted by Gasteiger charge is -2.23. The van der Waals surface area contributed by atoms with Crippen LogP contribution in [0.5, 0.6) is 0 Å². The van der Waals surface area contributed by atoms with Crippen molar-refractivity contribution in [3.63, 3.8) is 0 Å². The van der Waals surface area contributed by atoms with Crippen molar-refractivity contribution in [2.24, 2.45) is 0 Å².